The normalized spacial score (nSPS) is 16.8. The molecular formula is C29H37ClN2O3S. The Kier molecular flexibility index (Phi) is 9.53. The summed E-state index contributed by atoms with van der Waals surface area (Å²) in [5.41, 5.74) is 2.61. The van der Waals surface area contributed by atoms with E-state index in [-0.39, 0.29) is 12.0 Å². The summed E-state index contributed by atoms with van der Waals surface area (Å²) in [6, 6.07) is 14.3. The van der Waals surface area contributed by atoms with E-state index in [9.17, 15) is 10.2 Å². The smallest absolute Gasteiger partial charge is 0.119 e. The maximum Gasteiger partial charge on any atom is 0.119 e. The van der Waals surface area contributed by atoms with E-state index in [2.05, 4.69) is 41.1 Å². The standard InChI is InChI=1S/C29H37ClN2O3S/c1-21-4-7-23(8-5-21)36-17-3-14-32-15-12-29(20-33,13-16-32)11-10-27(34)28-24-18-22(35-2)6-9-26(24)31-19-25(28)30/h4-9,18-19,27,33-34H,3,10-17,20H2,1-2H3/t27-/m0/s1. The molecule has 1 fully saturated rings. The number of methoxy groups -OCH3 is 1. The van der Waals surface area contributed by atoms with Crippen molar-refractivity contribution in [1.29, 1.82) is 0 Å². The van der Waals surface area contributed by atoms with E-state index >= 15 is 0 Å². The third kappa shape index (κ3) is 6.73. The largest absolute Gasteiger partial charge is 0.497 e. The number of aliphatic hydroxyl groups is 2. The predicted octanol–water partition coefficient (Wildman–Crippen LogP) is 6.28. The molecule has 1 aliphatic heterocycles. The third-order valence-electron chi connectivity index (χ3n) is 7.51. The van der Waals surface area contributed by atoms with Crippen LogP contribution in [0, 0.1) is 12.3 Å². The van der Waals surface area contributed by atoms with Gasteiger partial charge in [0.15, 0.2) is 0 Å². The molecule has 0 spiro atoms. The van der Waals surface area contributed by atoms with Gasteiger partial charge in [0.1, 0.15) is 5.75 Å². The third-order valence-corrected chi connectivity index (χ3v) is 8.91. The lowest BCUT2D eigenvalue weighted by Gasteiger charge is -2.41. The van der Waals surface area contributed by atoms with Crippen molar-refractivity contribution in [2.45, 2.75) is 50.0 Å². The van der Waals surface area contributed by atoms with Gasteiger partial charge < -0.3 is 19.8 Å². The SMILES string of the molecule is COc1ccc2ncc(Cl)c([C@@H](O)CCC3(CO)CCN(CCCSc4ccc(C)cc4)CC3)c2c1. The number of aliphatic hydroxyl groups excluding tert-OH is 2. The molecule has 0 aliphatic carbocycles. The minimum absolute atomic E-state index is 0.148. The van der Waals surface area contributed by atoms with E-state index in [1.807, 2.05) is 30.0 Å². The van der Waals surface area contributed by atoms with Gasteiger partial charge in [0.25, 0.3) is 0 Å². The summed E-state index contributed by atoms with van der Waals surface area (Å²) in [7, 11) is 1.62. The topological polar surface area (TPSA) is 65.8 Å². The van der Waals surface area contributed by atoms with Crippen LogP contribution in [0.25, 0.3) is 10.9 Å². The Morgan fingerprint density at radius 1 is 1.17 bits per heavy atom. The summed E-state index contributed by atoms with van der Waals surface area (Å²) >= 11 is 8.41. The Labute approximate surface area is 223 Å². The Hall–Kier alpha value is -1.83. The van der Waals surface area contributed by atoms with Crippen molar-refractivity contribution in [2.75, 3.05) is 39.1 Å². The minimum Gasteiger partial charge on any atom is -0.497 e. The van der Waals surface area contributed by atoms with E-state index in [0.29, 0.717) is 22.8 Å². The van der Waals surface area contributed by atoms with Gasteiger partial charge >= 0.3 is 0 Å². The van der Waals surface area contributed by atoms with Crippen LogP contribution < -0.4 is 4.74 Å². The fourth-order valence-electron chi connectivity index (χ4n) is 5.07. The van der Waals surface area contributed by atoms with Crippen molar-refractivity contribution in [2.24, 2.45) is 5.41 Å². The second kappa shape index (κ2) is 12.6. The van der Waals surface area contributed by atoms with Crippen LogP contribution in [-0.2, 0) is 0 Å². The summed E-state index contributed by atoms with van der Waals surface area (Å²) in [6.45, 7) is 5.33. The number of fused-ring (bicyclic) bond motifs is 1. The van der Waals surface area contributed by atoms with E-state index < -0.39 is 6.10 Å². The fraction of sp³-hybridized carbons (Fsp3) is 0.483. The van der Waals surface area contributed by atoms with E-state index in [1.54, 1.807) is 13.3 Å². The Morgan fingerprint density at radius 2 is 1.92 bits per heavy atom. The Morgan fingerprint density at radius 3 is 2.61 bits per heavy atom. The van der Waals surface area contributed by atoms with E-state index in [1.165, 1.54) is 10.5 Å². The molecule has 2 aromatic carbocycles. The lowest BCUT2D eigenvalue weighted by Crippen LogP contribution is -2.42. The van der Waals surface area contributed by atoms with Crippen LogP contribution in [0.15, 0.2) is 53.6 Å². The summed E-state index contributed by atoms with van der Waals surface area (Å²) in [5.74, 6) is 1.82. The van der Waals surface area contributed by atoms with Gasteiger partial charge in [-0.05, 0) is 100 Å². The van der Waals surface area contributed by atoms with Crippen LogP contribution in [0.4, 0.5) is 0 Å². The average Bonchev–Trinajstić information content (AvgIpc) is 2.91. The van der Waals surface area contributed by atoms with Crippen molar-refractivity contribution >= 4 is 34.3 Å². The number of hydrogen-bond donors (Lipinski definition) is 2. The maximum absolute atomic E-state index is 11.2. The van der Waals surface area contributed by atoms with Crippen LogP contribution in [0.3, 0.4) is 0 Å². The number of rotatable bonds is 11. The maximum atomic E-state index is 11.2. The summed E-state index contributed by atoms with van der Waals surface area (Å²) in [4.78, 5) is 8.24. The number of aryl methyl sites for hydroxylation is 1. The fourth-order valence-corrected chi connectivity index (χ4v) is 6.19. The molecule has 1 atom stereocenters. The highest BCUT2D eigenvalue weighted by atomic mass is 35.5. The molecule has 0 bridgehead atoms. The van der Waals surface area contributed by atoms with Gasteiger partial charge in [-0.15, -0.1) is 11.8 Å². The number of nitrogens with zero attached hydrogens (tertiary/aromatic N) is 2. The number of halogens is 1. The molecule has 5 nitrogen and oxygen atoms in total. The molecule has 0 unspecified atom stereocenters. The van der Waals surface area contributed by atoms with Crippen LogP contribution >= 0.6 is 23.4 Å². The Bertz CT molecular complexity index is 1130. The number of benzene rings is 2. The number of ether oxygens (including phenoxy) is 1. The van der Waals surface area contributed by atoms with E-state index in [0.717, 1.165) is 62.0 Å². The number of aromatic nitrogens is 1. The molecule has 2 N–H and O–H groups in total. The van der Waals surface area contributed by atoms with E-state index in [4.69, 9.17) is 16.3 Å². The first-order valence-electron chi connectivity index (χ1n) is 12.8. The van der Waals surface area contributed by atoms with Crippen LogP contribution in [0.1, 0.15) is 49.3 Å². The van der Waals surface area contributed by atoms with Gasteiger partial charge in [0.05, 0.1) is 23.8 Å². The quantitative estimate of drug-likeness (QED) is 0.226. The van der Waals surface area contributed by atoms with Crippen LogP contribution in [0.2, 0.25) is 5.02 Å². The minimum atomic E-state index is -0.727. The molecule has 4 rings (SSSR count). The Balaban J connectivity index is 1.29. The van der Waals surface area contributed by atoms with Crippen LogP contribution in [0.5, 0.6) is 5.75 Å². The zero-order valence-electron chi connectivity index (χ0n) is 21.3. The molecule has 36 heavy (non-hydrogen) atoms. The number of likely N-dealkylation sites (tertiary alicyclic amines) is 1. The highest BCUT2D eigenvalue weighted by Crippen LogP contribution is 2.40. The summed E-state index contributed by atoms with van der Waals surface area (Å²) < 4.78 is 5.37. The van der Waals surface area contributed by atoms with Crippen molar-refractivity contribution < 1.29 is 14.9 Å². The van der Waals surface area contributed by atoms with Gasteiger partial charge in [-0.2, -0.15) is 0 Å². The number of pyridine rings is 1. The van der Waals surface area contributed by atoms with Gasteiger partial charge in [-0.25, -0.2) is 0 Å². The molecule has 0 amide bonds. The number of hydrogen-bond acceptors (Lipinski definition) is 6. The highest BCUT2D eigenvalue weighted by Gasteiger charge is 2.34. The first-order chi connectivity index (χ1) is 17.4. The predicted molar refractivity (Wildman–Crippen MR) is 149 cm³/mol. The molecule has 1 aromatic heterocycles. The lowest BCUT2D eigenvalue weighted by atomic mass is 9.74. The lowest BCUT2D eigenvalue weighted by molar-refractivity contribution is 0.0238. The van der Waals surface area contributed by atoms with Gasteiger partial charge in [0, 0.05) is 28.6 Å². The monoisotopic (exact) mass is 528 g/mol. The summed E-state index contributed by atoms with van der Waals surface area (Å²) in [6.07, 6.45) is 5.22. The molecular weight excluding hydrogens is 492 g/mol. The first-order valence-corrected chi connectivity index (χ1v) is 14.1. The molecule has 0 radical (unpaired) electrons. The molecule has 194 valence electrons. The molecule has 0 saturated carbocycles. The molecule has 2 heterocycles. The summed E-state index contributed by atoms with van der Waals surface area (Å²) in [5, 5.41) is 22.7. The zero-order chi connectivity index (χ0) is 25.5. The van der Waals surface area contributed by atoms with Crippen molar-refractivity contribution in [3.63, 3.8) is 0 Å². The van der Waals surface area contributed by atoms with Crippen molar-refractivity contribution in [3.05, 3.63) is 64.8 Å². The van der Waals surface area contributed by atoms with Crippen molar-refractivity contribution in [3.8, 4) is 5.75 Å². The molecule has 1 saturated heterocycles. The second-order valence-corrected chi connectivity index (χ2v) is 11.5. The average molecular weight is 529 g/mol. The molecule has 3 aromatic rings. The van der Waals surface area contributed by atoms with Crippen molar-refractivity contribution in [1.82, 2.24) is 9.88 Å². The van der Waals surface area contributed by atoms with Gasteiger partial charge in [-0.3, -0.25) is 4.98 Å². The zero-order valence-corrected chi connectivity index (χ0v) is 22.8. The number of piperidine rings is 1. The number of thioether (sulfide) groups is 1. The second-order valence-electron chi connectivity index (χ2n) is 9.97. The van der Waals surface area contributed by atoms with Crippen LogP contribution in [-0.4, -0.2) is 59.2 Å². The molecule has 7 heteroatoms. The van der Waals surface area contributed by atoms with Gasteiger partial charge in [-0.1, -0.05) is 29.3 Å². The molecule has 1 aliphatic rings. The first kappa shape index (κ1) is 27.2. The highest BCUT2D eigenvalue weighted by molar-refractivity contribution is 7.99. The van der Waals surface area contributed by atoms with Gasteiger partial charge in [0.2, 0.25) is 0 Å².